The molecule has 4 rings (SSSR count). The van der Waals surface area contributed by atoms with Crippen molar-refractivity contribution in [2.75, 3.05) is 39.3 Å². The summed E-state index contributed by atoms with van der Waals surface area (Å²) < 4.78 is 2.36. The molecule has 1 fully saturated rings. The first kappa shape index (κ1) is 17.6. The van der Waals surface area contributed by atoms with E-state index in [4.69, 9.17) is 5.11 Å². The second-order valence-electron chi connectivity index (χ2n) is 7.38. The van der Waals surface area contributed by atoms with E-state index in [2.05, 4.69) is 35.6 Å². The van der Waals surface area contributed by atoms with Crippen LogP contribution in [0.2, 0.25) is 0 Å². The Balaban J connectivity index is 1.39. The van der Waals surface area contributed by atoms with E-state index in [1.54, 1.807) is 0 Å². The third-order valence-corrected chi connectivity index (χ3v) is 5.55. The van der Waals surface area contributed by atoms with Crippen molar-refractivity contribution in [3.8, 4) is 0 Å². The van der Waals surface area contributed by atoms with Crippen molar-refractivity contribution < 1.29 is 5.11 Å². The Bertz CT molecular complexity index is 703. The van der Waals surface area contributed by atoms with Gasteiger partial charge in [-0.05, 0) is 31.0 Å². The van der Waals surface area contributed by atoms with E-state index in [1.807, 2.05) is 18.5 Å². The van der Waals surface area contributed by atoms with Gasteiger partial charge in [-0.15, -0.1) is 10.2 Å². The number of hydrogen-bond donors (Lipinski definition) is 1. The Kier molecular flexibility index (Phi) is 5.57. The van der Waals surface area contributed by atoms with Gasteiger partial charge in [0.1, 0.15) is 11.6 Å². The number of likely N-dealkylation sites (tertiary alicyclic amines) is 1. The van der Waals surface area contributed by atoms with E-state index in [1.165, 1.54) is 5.56 Å². The Morgan fingerprint density at radius 3 is 2.92 bits per heavy atom. The molecule has 26 heavy (non-hydrogen) atoms. The molecule has 7 heteroatoms. The predicted molar refractivity (Wildman–Crippen MR) is 98.7 cm³/mol. The zero-order chi connectivity index (χ0) is 17.8. The molecule has 0 amide bonds. The van der Waals surface area contributed by atoms with E-state index in [9.17, 15) is 0 Å². The molecule has 2 aromatic rings. The van der Waals surface area contributed by atoms with Gasteiger partial charge in [-0.3, -0.25) is 9.88 Å². The molecule has 1 saturated heterocycles. The van der Waals surface area contributed by atoms with Gasteiger partial charge in [0.05, 0.1) is 0 Å². The molecule has 0 aromatic carbocycles. The molecule has 2 aliphatic heterocycles. The average molecular weight is 356 g/mol. The fourth-order valence-electron chi connectivity index (χ4n) is 4.15. The zero-order valence-electron chi connectivity index (χ0n) is 15.3. The number of fused-ring (bicyclic) bond motifs is 1. The van der Waals surface area contributed by atoms with Crippen molar-refractivity contribution in [3.63, 3.8) is 0 Å². The van der Waals surface area contributed by atoms with Crippen molar-refractivity contribution in [1.29, 1.82) is 0 Å². The van der Waals surface area contributed by atoms with Gasteiger partial charge in [0.15, 0.2) is 0 Å². The van der Waals surface area contributed by atoms with Gasteiger partial charge < -0.3 is 14.6 Å². The van der Waals surface area contributed by atoms with Gasteiger partial charge in [0, 0.05) is 70.6 Å². The summed E-state index contributed by atoms with van der Waals surface area (Å²) in [6, 6.07) is 4.15. The molecule has 1 unspecified atom stereocenters. The molecule has 0 bridgehead atoms. The maximum atomic E-state index is 9.06. The lowest BCUT2D eigenvalue weighted by Crippen LogP contribution is -2.29. The van der Waals surface area contributed by atoms with Gasteiger partial charge in [-0.1, -0.05) is 6.07 Å². The van der Waals surface area contributed by atoms with Crippen molar-refractivity contribution in [3.05, 3.63) is 41.7 Å². The molecular weight excluding hydrogens is 328 g/mol. The first-order valence-corrected chi connectivity index (χ1v) is 9.70. The monoisotopic (exact) mass is 356 g/mol. The first-order valence-electron chi connectivity index (χ1n) is 9.70. The lowest BCUT2D eigenvalue weighted by atomic mass is 10.1. The summed E-state index contributed by atoms with van der Waals surface area (Å²) in [5.74, 6) is 2.76. The van der Waals surface area contributed by atoms with Crippen molar-refractivity contribution in [1.82, 2.24) is 29.5 Å². The minimum absolute atomic E-state index is 0.267. The highest BCUT2D eigenvalue weighted by molar-refractivity contribution is 5.11. The van der Waals surface area contributed by atoms with E-state index < -0.39 is 0 Å². The van der Waals surface area contributed by atoms with Crippen LogP contribution in [0.3, 0.4) is 0 Å². The number of rotatable bonds is 6. The van der Waals surface area contributed by atoms with Crippen LogP contribution in [-0.2, 0) is 19.5 Å². The van der Waals surface area contributed by atoms with Crippen molar-refractivity contribution >= 4 is 0 Å². The topological polar surface area (TPSA) is 70.3 Å². The summed E-state index contributed by atoms with van der Waals surface area (Å²) in [6.07, 6.45) is 6.72. The van der Waals surface area contributed by atoms with Crippen LogP contribution in [0.1, 0.15) is 36.0 Å². The molecule has 140 valence electrons. The second-order valence-corrected chi connectivity index (χ2v) is 7.38. The van der Waals surface area contributed by atoms with Gasteiger partial charge >= 0.3 is 0 Å². The standard InChI is InChI=1S/C19H28N6O/c26-12-2-7-23-9-5-18-21-22-19(25(18)11-10-23)17-4-8-24(15-17)14-16-3-1-6-20-13-16/h1,3,6,13,17,26H,2,4-5,7-12,14-15H2. The first-order chi connectivity index (χ1) is 12.8. The highest BCUT2D eigenvalue weighted by atomic mass is 16.3. The molecule has 0 spiro atoms. The maximum absolute atomic E-state index is 9.06. The van der Waals surface area contributed by atoms with Crippen LogP contribution in [0.4, 0.5) is 0 Å². The quantitative estimate of drug-likeness (QED) is 0.829. The lowest BCUT2D eigenvalue weighted by Gasteiger charge is -2.19. The van der Waals surface area contributed by atoms with E-state index in [-0.39, 0.29) is 6.61 Å². The molecule has 7 nitrogen and oxygen atoms in total. The molecule has 0 aliphatic carbocycles. The number of pyridine rings is 1. The van der Waals surface area contributed by atoms with E-state index >= 15 is 0 Å². The van der Waals surface area contributed by atoms with Crippen LogP contribution in [0.15, 0.2) is 24.5 Å². The van der Waals surface area contributed by atoms with Crippen LogP contribution < -0.4 is 0 Å². The molecule has 1 N–H and O–H groups in total. The highest BCUT2D eigenvalue weighted by Crippen LogP contribution is 2.28. The smallest absolute Gasteiger partial charge is 0.137 e. The predicted octanol–water partition coefficient (Wildman–Crippen LogP) is 0.903. The Hall–Kier alpha value is -1.83. The normalized spacial score (nSPS) is 21.7. The van der Waals surface area contributed by atoms with Crippen LogP contribution in [0.25, 0.3) is 0 Å². The molecule has 0 radical (unpaired) electrons. The summed E-state index contributed by atoms with van der Waals surface area (Å²) in [5, 5.41) is 18.1. The number of aliphatic hydroxyl groups excluding tert-OH is 1. The highest BCUT2D eigenvalue weighted by Gasteiger charge is 2.29. The number of aliphatic hydroxyl groups is 1. The Labute approximate surface area is 154 Å². The number of nitrogens with zero attached hydrogens (tertiary/aromatic N) is 6. The average Bonchev–Trinajstić information content (AvgIpc) is 3.23. The van der Waals surface area contributed by atoms with Gasteiger partial charge in [0.2, 0.25) is 0 Å². The molecule has 4 heterocycles. The van der Waals surface area contributed by atoms with Crippen LogP contribution in [-0.4, -0.2) is 74.0 Å². The Morgan fingerprint density at radius 2 is 2.08 bits per heavy atom. The van der Waals surface area contributed by atoms with Crippen molar-refractivity contribution in [2.45, 2.75) is 38.3 Å². The third kappa shape index (κ3) is 3.95. The van der Waals surface area contributed by atoms with E-state index in [0.717, 1.165) is 76.7 Å². The minimum atomic E-state index is 0.267. The molecule has 0 saturated carbocycles. The van der Waals surface area contributed by atoms with Gasteiger partial charge in [-0.25, -0.2) is 0 Å². The molecule has 2 aliphatic rings. The van der Waals surface area contributed by atoms with Crippen LogP contribution in [0, 0.1) is 0 Å². The maximum Gasteiger partial charge on any atom is 0.137 e. The Morgan fingerprint density at radius 1 is 1.12 bits per heavy atom. The summed E-state index contributed by atoms with van der Waals surface area (Å²) in [6.45, 7) is 7.32. The van der Waals surface area contributed by atoms with Crippen molar-refractivity contribution in [2.24, 2.45) is 0 Å². The minimum Gasteiger partial charge on any atom is -0.396 e. The van der Waals surface area contributed by atoms with Gasteiger partial charge in [-0.2, -0.15) is 0 Å². The molecule has 1 atom stereocenters. The van der Waals surface area contributed by atoms with Gasteiger partial charge in [0.25, 0.3) is 0 Å². The summed E-state index contributed by atoms with van der Waals surface area (Å²) in [5.41, 5.74) is 1.27. The van der Waals surface area contributed by atoms with Crippen LogP contribution >= 0.6 is 0 Å². The molecular formula is C19H28N6O. The summed E-state index contributed by atoms with van der Waals surface area (Å²) >= 11 is 0. The summed E-state index contributed by atoms with van der Waals surface area (Å²) in [4.78, 5) is 9.14. The third-order valence-electron chi connectivity index (χ3n) is 5.55. The molecule has 2 aromatic heterocycles. The van der Waals surface area contributed by atoms with Crippen LogP contribution in [0.5, 0.6) is 0 Å². The lowest BCUT2D eigenvalue weighted by molar-refractivity contribution is 0.226. The number of aromatic nitrogens is 4. The fraction of sp³-hybridized carbons (Fsp3) is 0.632. The summed E-state index contributed by atoms with van der Waals surface area (Å²) in [7, 11) is 0. The number of hydrogen-bond acceptors (Lipinski definition) is 6. The fourth-order valence-corrected chi connectivity index (χ4v) is 4.15. The zero-order valence-corrected chi connectivity index (χ0v) is 15.3. The van der Waals surface area contributed by atoms with E-state index in [0.29, 0.717) is 5.92 Å². The SMILES string of the molecule is OCCCN1CCc2nnc(C3CCN(Cc4cccnc4)C3)n2CC1. The largest absolute Gasteiger partial charge is 0.396 e. The second kappa shape index (κ2) is 8.24.